The van der Waals surface area contributed by atoms with Gasteiger partial charge in [0.25, 0.3) is 0 Å². The molecular weight excluding hydrogens is 450 g/mol. The van der Waals surface area contributed by atoms with E-state index < -0.39 is 4.92 Å². The zero-order chi connectivity index (χ0) is 23.8. The van der Waals surface area contributed by atoms with Gasteiger partial charge in [0.1, 0.15) is 6.33 Å². The molecule has 0 radical (unpaired) electrons. The van der Waals surface area contributed by atoms with Crippen molar-refractivity contribution >= 4 is 49.7 Å². The highest BCUT2D eigenvalue weighted by Crippen LogP contribution is 2.37. The lowest BCUT2D eigenvalue weighted by Crippen LogP contribution is -2.47. The third kappa shape index (κ3) is 4.01. The molecule has 0 unspecified atom stereocenters. The zero-order valence-corrected chi connectivity index (χ0v) is 20.1. The summed E-state index contributed by atoms with van der Waals surface area (Å²) in [5, 5.41) is 15.7. The highest BCUT2D eigenvalue weighted by Gasteiger charge is 2.30. The van der Waals surface area contributed by atoms with E-state index in [4.69, 9.17) is 0 Å². The van der Waals surface area contributed by atoms with Crippen molar-refractivity contribution in [2.75, 3.05) is 41.3 Å². The third-order valence-electron chi connectivity index (χ3n) is 6.33. The van der Waals surface area contributed by atoms with Gasteiger partial charge in [0.15, 0.2) is 5.13 Å². The second-order valence-corrected chi connectivity index (χ2v) is 9.44. The number of benzene rings is 2. The van der Waals surface area contributed by atoms with Crippen LogP contribution in [-0.2, 0) is 0 Å². The molecule has 1 aliphatic rings. The van der Waals surface area contributed by atoms with E-state index in [0.717, 1.165) is 28.9 Å². The molecule has 1 fully saturated rings. The van der Waals surface area contributed by atoms with Crippen molar-refractivity contribution in [1.82, 2.24) is 15.0 Å². The molecule has 0 amide bonds. The van der Waals surface area contributed by atoms with Crippen molar-refractivity contribution in [3.8, 4) is 0 Å². The lowest BCUT2D eigenvalue weighted by molar-refractivity contribution is -0.383. The molecule has 1 aliphatic heterocycles. The van der Waals surface area contributed by atoms with E-state index in [1.807, 2.05) is 30.0 Å². The van der Waals surface area contributed by atoms with Gasteiger partial charge >= 0.3 is 5.69 Å². The first kappa shape index (κ1) is 22.0. The van der Waals surface area contributed by atoms with Crippen molar-refractivity contribution in [3.63, 3.8) is 0 Å². The summed E-state index contributed by atoms with van der Waals surface area (Å²) in [6.45, 7) is 9.01. The number of hydrogen-bond acceptors (Lipinski definition) is 9. The van der Waals surface area contributed by atoms with E-state index in [2.05, 4.69) is 57.2 Å². The van der Waals surface area contributed by atoms with Gasteiger partial charge in [-0.15, -0.1) is 0 Å². The number of thiazole rings is 1. The predicted octanol–water partition coefficient (Wildman–Crippen LogP) is 4.99. The zero-order valence-electron chi connectivity index (χ0n) is 19.3. The number of rotatable bonds is 5. The summed E-state index contributed by atoms with van der Waals surface area (Å²) in [6, 6.07) is 12.3. The lowest BCUT2D eigenvalue weighted by atomic mass is 10.1. The van der Waals surface area contributed by atoms with Crippen molar-refractivity contribution in [2.24, 2.45) is 0 Å². The fourth-order valence-electron chi connectivity index (χ4n) is 4.34. The van der Waals surface area contributed by atoms with Gasteiger partial charge in [-0.3, -0.25) is 10.1 Å². The summed E-state index contributed by atoms with van der Waals surface area (Å²) in [5.74, 6) is 0.490. The molecule has 174 valence electrons. The fourth-order valence-corrected chi connectivity index (χ4v) is 5.28. The smallest absolute Gasteiger partial charge is 0.353 e. The normalized spacial score (nSPS) is 14.0. The number of nitro groups is 1. The average molecular weight is 476 g/mol. The van der Waals surface area contributed by atoms with Crippen LogP contribution in [0.25, 0.3) is 10.2 Å². The lowest BCUT2D eigenvalue weighted by Gasteiger charge is -2.37. The predicted molar refractivity (Wildman–Crippen MR) is 137 cm³/mol. The number of fused-ring (bicyclic) bond motifs is 1. The SMILES string of the molecule is Cc1cccc(N2CCN(c3ncnc(Nc4nc5c(C)cccc5s4)c3[N+](=O)[O-])CC2)c1C. The maximum absolute atomic E-state index is 12.1. The highest BCUT2D eigenvalue weighted by molar-refractivity contribution is 7.22. The quantitative estimate of drug-likeness (QED) is 0.318. The van der Waals surface area contributed by atoms with Crippen molar-refractivity contribution in [2.45, 2.75) is 20.8 Å². The molecule has 5 rings (SSSR count). The number of aryl methyl sites for hydroxylation is 2. The maximum Gasteiger partial charge on any atom is 0.353 e. The Bertz CT molecular complexity index is 1380. The van der Waals surface area contributed by atoms with Crippen molar-refractivity contribution < 1.29 is 4.92 Å². The van der Waals surface area contributed by atoms with Gasteiger partial charge in [0, 0.05) is 31.9 Å². The van der Waals surface area contributed by atoms with E-state index in [1.165, 1.54) is 34.5 Å². The first-order chi connectivity index (χ1) is 16.4. The Labute approximate surface area is 201 Å². The average Bonchev–Trinajstić information content (AvgIpc) is 3.25. The van der Waals surface area contributed by atoms with Gasteiger partial charge in [-0.25, -0.2) is 15.0 Å². The summed E-state index contributed by atoms with van der Waals surface area (Å²) >= 11 is 1.44. The van der Waals surface area contributed by atoms with Gasteiger partial charge < -0.3 is 15.1 Å². The van der Waals surface area contributed by atoms with Crippen molar-refractivity contribution in [3.05, 3.63) is 69.5 Å². The maximum atomic E-state index is 12.1. The molecular formula is C24H25N7O2S. The van der Waals surface area contributed by atoms with Crippen LogP contribution in [-0.4, -0.2) is 46.1 Å². The summed E-state index contributed by atoms with van der Waals surface area (Å²) in [7, 11) is 0. The van der Waals surface area contributed by atoms with Crippen LogP contribution >= 0.6 is 11.3 Å². The summed E-state index contributed by atoms with van der Waals surface area (Å²) < 4.78 is 1.02. The minimum atomic E-state index is -0.409. The van der Waals surface area contributed by atoms with Crippen LogP contribution in [0.2, 0.25) is 0 Å². The van der Waals surface area contributed by atoms with Crippen LogP contribution in [0, 0.1) is 30.9 Å². The standard InChI is InChI=1S/C24H25N7O2S/c1-15-6-4-8-18(17(15)3)29-10-12-30(13-11-29)23-21(31(32)33)22(25-14-26-23)28-24-27-20-16(2)7-5-9-19(20)34-24/h4-9,14H,10-13H2,1-3H3,(H,25,26,27,28). The van der Waals surface area contributed by atoms with Gasteiger partial charge in [-0.1, -0.05) is 35.6 Å². The molecule has 3 heterocycles. The van der Waals surface area contributed by atoms with Crippen LogP contribution in [0.4, 0.5) is 28.1 Å². The monoisotopic (exact) mass is 475 g/mol. The summed E-state index contributed by atoms with van der Waals surface area (Å²) in [4.78, 5) is 29.1. The molecule has 10 heteroatoms. The molecule has 0 atom stereocenters. The Morgan fingerprint density at radius 1 is 0.971 bits per heavy atom. The van der Waals surface area contributed by atoms with E-state index in [0.29, 0.717) is 24.0 Å². The Kier molecular flexibility index (Phi) is 5.74. The van der Waals surface area contributed by atoms with Crippen LogP contribution in [0.1, 0.15) is 16.7 Å². The van der Waals surface area contributed by atoms with Gasteiger partial charge in [0.2, 0.25) is 11.6 Å². The molecule has 9 nitrogen and oxygen atoms in total. The number of aromatic nitrogens is 3. The number of para-hydroxylation sites is 1. The van der Waals surface area contributed by atoms with Crippen LogP contribution in [0.3, 0.4) is 0 Å². The Morgan fingerprint density at radius 3 is 2.41 bits per heavy atom. The van der Waals surface area contributed by atoms with E-state index >= 15 is 0 Å². The Morgan fingerprint density at radius 2 is 1.68 bits per heavy atom. The molecule has 4 aromatic rings. The number of hydrogen-bond donors (Lipinski definition) is 1. The van der Waals surface area contributed by atoms with Gasteiger partial charge in [-0.05, 0) is 49.6 Å². The molecule has 0 bridgehead atoms. The summed E-state index contributed by atoms with van der Waals surface area (Å²) in [5.41, 5.74) is 5.55. The van der Waals surface area contributed by atoms with Crippen molar-refractivity contribution in [1.29, 1.82) is 0 Å². The van der Waals surface area contributed by atoms with Gasteiger partial charge in [-0.2, -0.15) is 0 Å². The molecule has 0 spiro atoms. The number of anilines is 4. The highest BCUT2D eigenvalue weighted by atomic mass is 32.1. The minimum absolute atomic E-state index is 0.126. The Hall–Kier alpha value is -3.79. The molecule has 0 aliphatic carbocycles. The number of piperazine rings is 1. The van der Waals surface area contributed by atoms with Crippen LogP contribution in [0.5, 0.6) is 0 Å². The number of nitrogens with zero attached hydrogens (tertiary/aromatic N) is 6. The Balaban J connectivity index is 1.40. The molecule has 0 saturated carbocycles. The van der Waals surface area contributed by atoms with Gasteiger partial charge in [0.05, 0.1) is 15.1 Å². The van der Waals surface area contributed by atoms with E-state index in [1.54, 1.807) is 0 Å². The second kappa shape index (κ2) is 8.86. The van der Waals surface area contributed by atoms with Crippen LogP contribution < -0.4 is 15.1 Å². The molecule has 1 saturated heterocycles. The topological polar surface area (TPSA) is 100 Å². The van der Waals surface area contributed by atoms with E-state index in [9.17, 15) is 10.1 Å². The first-order valence-electron chi connectivity index (χ1n) is 11.1. The first-order valence-corrected chi connectivity index (χ1v) is 11.9. The summed E-state index contributed by atoms with van der Waals surface area (Å²) in [6.07, 6.45) is 1.38. The largest absolute Gasteiger partial charge is 0.368 e. The molecule has 2 aromatic carbocycles. The molecule has 34 heavy (non-hydrogen) atoms. The van der Waals surface area contributed by atoms with Crippen LogP contribution in [0.15, 0.2) is 42.7 Å². The van der Waals surface area contributed by atoms with E-state index in [-0.39, 0.29) is 11.5 Å². The second-order valence-electron chi connectivity index (χ2n) is 8.41. The number of nitrogens with one attached hydrogen (secondary N) is 1. The fraction of sp³-hybridized carbons (Fsp3) is 0.292. The molecule has 1 N–H and O–H groups in total. The third-order valence-corrected chi connectivity index (χ3v) is 7.26. The minimum Gasteiger partial charge on any atom is -0.368 e. The molecule has 2 aromatic heterocycles.